The van der Waals surface area contributed by atoms with Gasteiger partial charge in [0.2, 0.25) is 0 Å². The first kappa shape index (κ1) is 15.1. The summed E-state index contributed by atoms with van der Waals surface area (Å²) < 4.78 is 1.05. The van der Waals surface area contributed by atoms with Crippen LogP contribution in [0.5, 0.6) is 0 Å². The number of hydrogen-bond acceptors (Lipinski definition) is 3. The maximum atomic E-state index is 5.79. The fraction of sp³-hybridized carbons (Fsp3) is 0.500. The van der Waals surface area contributed by atoms with Gasteiger partial charge in [0, 0.05) is 27.0 Å². The predicted octanol–water partition coefficient (Wildman–Crippen LogP) is 4.17. The first-order chi connectivity index (χ1) is 9.10. The van der Waals surface area contributed by atoms with Gasteiger partial charge in [0.1, 0.15) is 4.99 Å². The molecule has 0 saturated heterocycles. The number of nitrogens with one attached hydrogen (secondary N) is 1. The molecule has 1 aliphatic carbocycles. The molecular formula is C14H19BrN2S2. The molecule has 0 unspecified atom stereocenters. The van der Waals surface area contributed by atoms with Gasteiger partial charge < -0.3 is 11.1 Å². The Bertz CT molecular complexity index is 457. The Hall–Kier alpha value is -0.260. The number of hydrogen-bond donors (Lipinski definition) is 2. The van der Waals surface area contributed by atoms with Crippen LogP contribution in [-0.4, -0.2) is 22.5 Å². The van der Waals surface area contributed by atoms with E-state index < -0.39 is 0 Å². The van der Waals surface area contributed by atoms with Gasteiger partial charge >= 0.3 is 0 Å². The summed E-state index contributed by atoms with van der Waals surface area (Å²) in [7, 11) is 0. The molecule has 0 heterocycles. The molecule has 1 saturated carbocycles. The summed E-state index contributed by atoms with van der Waals surface area (Å²) in [4.78, 5) is 0.452. The molecule has 3 N–H and O–H groups in total. The molecule has 104 valence electrons. The van der Waals surface area contributed by atoms with Crippen molar-refractivity contribution in [2.24, 2.45) is 5.73 Å². The van der Waals surface area contributed by atoms with Crippen LogP contribution in [0, 0.1) is 0 Å². The Labute approximate surface area is 133 Å². The minimum Gasteiger partial charge on any atom is -0.389 e. The molecular weight excluding hydrogens is 340 g/mol. The van der Waals surface area contributed by atoms with Crippen LogP contribution in [0.1, 0.15) is 31.2 Å². The SMILES string of the molecule is CSC1CCC(Nc2cc(Br)ccc2C(N)=S)CC1. The molecule has 0 aliphatic heterocycles. The lowest BCUT2D eigenvalue weighted by Gasteiger charge is -2.29. The van der Waals surface area contributed by atoms with Crippen molar-refractivity contribution in [3.8, 4) is 0 Å². The molecule has 0 aromatic heterocycles. The Morgan fingerprint density at radius 1 is 1.37 bits per heavy atom. The van der Waals surface area contributed by atoms with Crippen LogP contribution in [0.2, 0.25) is 0 Å². The van der Waals surface area contributed by atoms with Crippen LogP contribution in [0.15, 0.2) is 22.7 Å². The van der Waals surface area contributed by atoms with Crippen LogP contribution in [0.4, 0.5) is 5.69 Å². The lowest BCUT2D eigenvalue weighted by atomic mass is 9.94. The van der Waals surface area contributed by atoms with Gasteiger partial charge in [0.05, 0.1) is 0 Å². The zero-order valence-electron chi connectivity index (χ0n) is 11.0. The lowest BCUT2D eigenvalue weighted by Crippen LogP contribution is -2.28. The maximum Gasteiger partial charge on any atom is 0.106 e. The van der Waals surface area contributed by atoms with Gasteiger partial charge in [-0.3, -0.25) is 0 Å². The van der Waals surface area contributed by atoms with E-state index in [2.05, 4.69) is 33.6 Å². The van der Waals surface area contributed by atoms with Crippen molar-refractivity contribution in [2.45, 2.75) is 37.0 Å². The van der Waals surface area contributed by atoms with Crippen LogP contribution in [-0.2, 0) is 0 Å². The second kappa shape index (κ2) is 6.95. The van der Waals surface area contributed by atoms with Crippen molar-refractivity contribution in [2.75, 3.05) is 11.6 Å². The third-order valence-corrected chi connectivity index (χ3v) is 5.47. The standard InChI is InChI=1S/C14H19BrN2S2/c1-19-11-5-3-10(4-6-11)17-13-8-9(15)2-7-12(13)14(16)18/h2,7-8,10-11,17H,3-6H2,1H3,(H2,16,18). The highest BCUT2D eigenvalue weighted by atomic mass is 79.9. The highest BCUT2D eigenvalue weighted by molar-refractivity contribution is 9.10. The van der Waals surface area contributed by atoms with Crippen molar-refractivity contribution in [1.29, 1.82) is 0 Å². The highest BCUT2D eigenvalue weighted by Gasteiger charge is 2.21. The number of halogens is 1. The number of nitrogens with two attached hydrogens (primary N) is 1. The molecule has 1 fully saturated rings. The Kier molecular flexibility index (Phi) is 5.54. The Morgan fingerprint density at radius 2 is 2.05 bits per heavy atom. The van der Waals surface area contributed by atoms with Crippen molar-refractivity contribution in [3.63, 3.8) is 0 Å². The molecule has 0 radical (unpaired) electrons. The quantitative estimate of drug-likeness (QED) is 0.792. The molecule has 1 aliphatic rings. The maximum absolute atomic E-state index is 5.79. The van der Waals surface area contributed by atoms with E-state index in [0.717, 1.165) is 21.0 Å². The van der Waals surface area contributed by atoms with E-state index in [9.17, 15) is 0 Å². The summed E-state index contributed by atoms with van der Waals surface area (Å²) in [6.45, 7) is 0. The molecule has 1 aromatic carbocycles. The van der Waals surface area contributed by atoms with Crippen molar-refractivity contribution in [3.05, 3.63) is 28.2 Å². The van der Waals surface area contributed by atoms with Gasteiger partial charge in [-0.1, -0.05) is 28.1 Å². The van der Waals surface area contributed by atoms with Gasteiger partial charge in [0.25, 0.3) is 0 Å². The van der Waals surface area contributed by atoms with E-state index in [1.165, 1.54) is 25.7 Å². The molecule has 0 bridgehead atoms. The predicted molar refractivity (Wildman–Crippen MR) is 93.2 cm³/mol. The van der Waals surface area contributed by atoms with Crippen LogP contribution >= 0.6 is 39.9 Å². The zero-order chi connectivity index (χ0) is 13.8. The monoisotopic (exact) mass is 358 g/mol. The van der Waals surface area contributed by atoms with E-state index in [1.807, 2.05) is 23.9 Å². The number of rotatable bonds is 4. The summed E-state index contributed by atoms with van der Waals surface area (Å²) in [5, 5.41) is 4.44. The highest BCUT2D eigenvalue weighted by Crippen LogP contribution is 2.30. The van der Waals surface area contributed by atoms with Crippen LogP contribution < -0.4 is 11.1 Å². The van der Waals surface area contributed by atoms with Crippen LogP contribution in [0.3, 0.4) is 0 Å². The third-order valence-electron chi connectivity index (χ3n) is 3.61. The molecule has 2 rings (SSSR count). The molecule has 19 heavy (non-hydrogen) atoms. The van der Waals surface area contributed by atoms with Crippen molar-refractivity contribution in [1.82, 2.24) is 0 Å². The molecule has 0 spiro atoms. The van der Waals surface area contributed by atoms with E-state index >= 15 is 0 Å². The molecule has 1 aromatic rings. The van der Waals surface area contributed by atoms with Crippen LogP contribution in [0.25, 0.3) is 0 Å². The molecule has 5 heteroatoms. The van der Waals surface area contributed by atoms with Crippen molar-refractivity contribution < 1.29 is 0 Å². The summed E-state index contributed by atoms with van der Waals surface area (Å²) in [6.07, 6.45) is 7.21. The minimum atomic E-state index is 0.452. The number of thioether (sulfide) groups is 1. The summed E-state index contributed by atoms with van der Waals surface area (Å²) in [5.41, 5.74) is 7.77. The summed E-state index contributed by atoms with van der Waals surface area (Å²) in [6, 6.07) is 6.55. The van der Waals surface area contributed by atoms with E-state index in [1.54, 1.807) is 0 Å². The largest absolute Gasteiger partial charge is 0.389 e. The van der Waals surface area contributed by atoms with Gasteiger partial charge in [0.15, 0.2) is 0 Å². The first-order valence-corrected chi connectivity index (χ1v) is 8.97. The van der Waals surface area contributed by atoms with Gasteiger partial charge in [-0.05, 0) is 50.1 Å². The fourth-order valence-electron chi connectivity index (χ4n) is 2.51. The van der Waals surface area contributed by atoms with Gasteiger partial charge in [-0.25, -0.2) is 0 Å². The Balaban J connectivity index is 2.06. The van der Waals surface area contributed by atoms with E-state index in [-0.39, 0.29) is 0 Å². The van der Waals surface area contributed by atoms with E-state index in [4.69, 9.17) is 18.0 Å². The Morgan fingerprint density at radius 3 is 2.63 bits per heavy atom. The van der Waals surface area contributed by atoms with Gasteiger partial charge in [-0.15, -0.1) is 0 Å². The number of benzene rings is 1. The summed E-state index contributed by atoms with van der Waals surface area (Å²) >= 11 is 10.6. The lowest BCUT2D eigenvalue weighted by molar-refractivity contribution is 0.473. The normalized spacial score (nSPS) is 23.1. The zero-order valence-corrected chi connectivity index (χ0v) is 14.2. The molecule has 0 amide bonds. The first-order valence-electron chi connectivity index (χ1n) is 6.49. The number of thiocarbonyl (C=S) groups is 1. The minimum absolute atomic E-state index is 0.452. The van der Waals surface area contributed by atoms with E-state index in [0.29, 0.717) is 11.0 Å². The molecule has 2 nitrogen and oxygen atoms in total. The number of anilines is 1. The summed E-state index contributed by atoms with van der Waals surface area (Å²) in [5.74, 6) is 0. The van der Waals surface area contributed by atoms with Crippen molar-refractivity contribution >= 4 is 50.6 Å². The second-order valence-corrected chi connectivity index (χ2v) is 7.40. The van der Waals surface area contributed by atoms with Gasteiger partial charge in [-0.2, -0.15) is 11.8 Å². The third kappa shape index (κ3) is 4.10. The average molecular weight is 359 g/mol. The fourth-order valence-corrected chi connectivity index (χ4v) is 3.80. The smallest absolute Gasteiger partial charge is 0.106 e. The second-order valence-electron chi connectivity index (χ2n) is 4.91. The molecule has 0 atom stereocenters. The topological polar surface area (TPSA) is 38.0 Å². The average Bonchev–Trinajstić information content (AvgIpc) is 2.39.